The molecule has 142 valence electrons. The van der Waals surface area contributed by atoms with Gasteiger partial charge >= 0.3 is 0 Å². The van der Waals surface area contributed by atoms with Gasteiger partial charge in [0.15, 0.2) is 12.6 Å². The number of benzene rings is 1. The van der Waals surface area contributed by atoms with Gasteiger partial charge in [-0.05, 0) is 13.3 Å². The van der Waals surface area contributed by atoms with E-state index >= 15 is 0 Å². The Labute approximate surface area is 150 Å². The van der Waals surface area contributed by atoms with Crippen LogP contribution in [0.25, 0.3) is 0 Å². The molecule has 25 heavy (non-hydrogen) atoms. The van der Waals surface area contributed by atoms with Gasteiger partial charge in [-0.15, -0.1) is 0 Å². The monoisotopic (exact) mass is 354 g/mol. The zero-order valence-electron chi connectivity index (χ0n) is 15.3. The minimum absolute atomic E-state index is 0.169. The Morgan fingerprint density at radius 1 is 1.28 bits per heavy atom. The smallest absolute Gasteiger partial charge is 0.186 e. The topological polar surface area (TPSA) is 66.4 Å². The zero-order chi connectivity index (χ0) is 18.1. The molecule has 1 saturated heterocycles. The van der Waals surface area contributed by atoms with Crippen molar-refractivity contribution < 1.29 is 28.8 Å². The van der Waals surface area contributed by atoms with E-state index in [1.165, 1.54) is 0 Å². The van der Waals surface area contributed by atoms with Crippen molar-refractivity contribution in [2.24, 2.45) is 0 Å². The Hall–Kier alpha value is -1.02. The summed E-state index contributed by atoms with van der Waals surface area (Å²) in [5.74, 6) is 0. The van der Waals surface area contributed by atoms with Crippen molar-refractivity contribution >= 4 is 0 Å². The van der Waals surface area contributed by atoms with Crippen LogP contribution in [0.2, 0.25) is 0 Å². The van der Waals surface area contributed by atoms with Gasteiger partial charge in [-0.2, -0.15) is 0 Å². The number of hydrogen-bond acceptors (Lipinski definition) is 6. The van der Waals surface area contributed by atoms with Crippen molar-refractivity contribution in [3.05, 3.63) is 35.9 Å². The number of hydrogen-bond donors (Lipinski definition) is 1. The van der Waals surface area contributed by atoms with E-state index in [4.69, 9.17) is 23.7 Å². The van der Waals surface area contributed by atoms with Crippen LogP contribution < -0.4 is 0 Å². The average molecular weight is 354 g/mol. The van der Waals surface area contributed by atoms with E-state index in [9.17, 15) is 5.11 Å². The van der Waals surface area contributed by atoms with Gasteiger partial charge < -0.3 is 28.8 Å². The van der Waals surface area contributed by atoms with Crippen LogP contribution >= 0.6 is 0 Å². The molecule has 1 aliphatic heterocycles. The SMILES string of the molecule is CCCCO[C@@H](CO)[C@@H](OC)OC1COC(c2ccccc2)O[C@H]1C. The van der Waals surface area contributed by atoms with E-state index < -0.39 is 18.7 Å². The first-order valence-corrected chi connectivity index (χ1v) is 8.92. The lowest BCUT2D eigenvalue weighted by molar-refractivity contribution is -0.303. The first-order chi connectivity index (χ1) is 12.2. The molecule has 0 radical (unpaired) electrons. The third-order valence-corrected chi connectivity index (χ3v) is 4.20. The summed E-state index contributed by atoms with van der Waals surface area (Å²) in [5, 5.41) is 9.57. The van der Waals surface area contributed by atoms with Crippen molar-refractivity contribution in [3.8, 4) is 0 Å². The van der Waals surface area contributed by atoms with E-state index in [1.54, 1.807) is 7.11 Å². The third kappa shape index (κ3) is 6.02. The highest BCUT2D eigenvalue weighted by Crippen LogP contribution is 2.28. The molecule has 5 atom stereocenters. The van der Waals surface area contributed by atoms with Crippen molar-refractivity contribution in [1.82, 2.24) is 0 Å². The summed E-state index contributed by atoms with van der Waals surface area (Å²) in [4.78, 5) is 0. The summed E-state index contributed by atoms with van der Waals surface area (Å²) in [6, 6.07) is 9.81. The lowest BCUT2D eigenvalue weighted by atomic mass is 10.1. The van der Waals surface area contributed by atoms with E-state index in [0.29, 0.717) is 13.2 Å². The summed E-state index contributed by atoms with van der Waals surface area (Å²) in [6.07, 6.45) is -0.117. The highest BCUT2D eigenvalue weighted by atomic mass is 16.7. The number of aliphatic hydroxyl groups is 1. The maximum atomic E-state index is 9.57. The molecule has 0 saturated carbocycles. The van der Waals surface area contributed by atoms with Gasteiger partial charge in [-0.3, -0.25) is 0 Å². The first kappa shape index (κ1) is 20.3. The van der Waals surface area contributed by atoms with E-state index in [1.807, 2.05) is 37.3 Å². The van der Waals surface area contributed by atoms with Crippen molar-refractivity contribution in [2.75, 3.05) is 26.9 Å². The summed E-state index contributed by atoms with van der Waals surface area (Å²) in [5.41, 5.74) is 0.979. The van der Waals surface area contributed by atoms with Crippen LogP contribution in [0.4, 0.5) is 0 Å². The van der Waals surface area contributed by atoms with Gasteiger partial charge in [0.25, 0.3) is 0 Å². The van der Waals surface area contributed by atoms with Crippen LogP contribution in [0.3, 0.4) is 0 Å². The molecule has 6 heteroatoms. The predicted molar refractivity (Wildman–Crippen MR) is 93.1 cm³/mol. The van der Waals surface area contributed by atoms with Gasteiger partial charge in [0.2, 0.25) is 0 Å². The standard InChI is InChI=1S/C19H30O6/c1-4-5-11-22-16(12-20)19(21-3)25-17-13-23-18(24-14(17)2)15-9-7-6-8-10-15/h6-10,14,16-20H,4-5,11-13H2,1-3H3/t14-,16-,17?,18?,19-/m0/s1. The molecule has 2 rings (SSSR count). The average Bonchev–Trinajstić information content (AvgIpc) is 2.65. The molecule has 0 spiro atoms. The minimum atomic E-state index is -0.671. The molecule has 1 fully saturated rings. The molecule has 6 nitrogen and oxygen atoms in total. The highest BCUT2D eigenvalue weighted by Gasteiger charge is 2.34. The largest absolute Gasteiger partial charge is 0.393 e. The normalized spacial score (nSPS) is 26.3. The molecular formula is C19H30O6. The molecule has 1 aliphatic rings. The van der Waals surface area contributed by atoms with Crippen molar-refractivity contribution in [1.29, 1.82) is 0 Å². The third-order valence-electron chi connectivity index (χ3n) is 4.20. The second-order valence-electron chi connectivity index (χ2n) is 6.14. The molecule has 0 aromatic heterocycles. The number of unbranched alkanes of at least 4 members (excludes halogenated alkanes) is 1. The highest BCUT2D eigenvalue weighted by molar-refractivity contribution is 5.16. The Balaban J connectivity index is 1.88. The number of aliphatic hydroxyl groups excluding tert-OH is 1. The van der Waals surface area contributed by atoms with Crippen molar-refractivity contribution in [2.45, 2.75) is 57.6 Å². The Morgan fingerprint density at radius 2 is 2.04 bits per heavy atom. The Kier molecular flexibility index (Phi) is 8.81. The molecule has 1 heterocycles. The van der Waals surface area contributed by atoms with Gasteiger partial charge in [0.1, 0.15) is 12.2 Å². The summed E-state index contributed by atoms with van der Waals surface area (Å²) < 4.78 is 28.7. The number of ether oxygens (including phenoxy) is 5. The molecule has 0 aliphatic carbocycles. The quantitative estimate of drug-likeness (QED) is 0.515. The molecule has 1 N–H and O–H groups in total. The fourth-order valence-corrected chi connectivity index (χ4v) is 2.64. The van der Waals surface area contributed by atoms with Crippen molar-refractivity contribution in [3.63, 3.8) is 0 Å². The van der Waals surface area contributed by atoms with Crippen LogP contribution in [0.1, 0.15) is 38.5 Å². The van der Waals surface area contributed by atoms with E-state index in [0.717, 1.165) is 18.4 Å². The number of methoxy groups -OCH3 is 1. The Morgan fingerprint density at radius 3 is 2.64 bits per heavy atom. The second-order valence-corrected chi connectivity index (χ2v) is 6.14. The molecule has 1 aromatic rings. The van der Waals surface area contributed by atoms with Gasteiger partial charge in [0.05, 0.1) is 19.3 Å². The minimum Gasteiger partial charge on any atom is -0.393 e. The fraction of sp³-hybridized carbons (Fsp3) is 0.684. The van der Waals surface area contributed by atoms with Gasteiger partial charge in [-0.25, -0.2) is 0 Å². The molecule has 0 bridgehead atoms. The summed E-state index contributed by atoms with van der Waals surface area (Å²) in [6.45, 7) is 4.81. The van der Waals surface area contributed by atoms with E-state index in [-0.39, 0.29) is 18.8 Å². The fourth-order valence-electron chi connectivity index (χ4n) is 2.64. The molecule has 0 amide bonds. The van der Waals surface area contributed by atoms with Crippen LogP contribution in [0.5, 0.6) is 0 Å². The van der Waals surface area contributed by atoms with Gasteiger partial charge in [-0.1, -0.05) is 43.7 Å². The second kappa shape index (κ2) is 10.9. The maximum Gasteiger partial charge on any atom is 0.186 e. The predicted octanol–water partition coefficient (Wildman–Crippen LogP) is 2.66. The van der Waals surface area contributed by atoms with E-state index in [2.05, 4.69) is 6.92 Å². The summed E-state index contributed by atoms with van der Waals surface area (Å²) >= 11 is 0. The van der Waals surface area contributed by atoms with Crippen LogP contribution in [0.15, 0.2) is 30.3 Å². The molecule has 2 unspecified atom stereocenters. The van der Waals surface area contributed by atoms with Crippen LogP contribution in [-0.4, -0.2) is 56.6 Å². The lowest BCUT2D eigenvalue weighted by Crippen LogP contribution is -2.46. The first-order valence-electron chi connectivity index (χ1n) is 8.92. The number of rotatable bonds is 10. The lowest BCUT2D eigenvalue weighted by Gasteiger charge is -2.37. The van der Waals surface area contributed by atoms with Crippen LogP contribution in [-0.2, 0) is 23.7 Å². The zero-order valence-corrected chi connectivity index (χ0v) is 15.3. The summed E-state index contributed by atoms with van der Waals surface area (Å²) in [7, 11) is 1.54. The van der Waals surface area contributed by atoms with Crippen LogP contribution in [0, 0.1) is 0 Å². The maximum absolute atomic E-state index is 9.57. The molecular weight excluding hydrogens is 324 g/mol. The molecule has 1 aromatic carbocycles. The Bertz CT molecular complexity index is 468. The van der Waals surface area contributed by atoms with Gasteiger partial charge in [0, 0.05) is 19.3 Å².